The molecule has 1 aromatic heterocycles. The molecule has 2 aromatic rings. The molecular weight excluding hydrogens is 210 g/mol. The molecule has 3 heteroatoms. The van der Waals surface area contributed by atoms with Crippen LogP contribution in [-0.4, -0.2) is 23.6 Å². The van der Waals surface area contributed by atoms with Crippen LogP contribution in [0.15, 0.2) is 18.2 Å². The fraction of sp³-hybridized carbons (Fsp3) is 0.500. The molecule has 0 fully saturated rings. The van der Waals surface area contributed by atoms with Gasteiger partial charge in [0.15, 0.2) is 0 Å². The maximum Gasteiger partial charge on any atom is 0.109 e. The molecule has 0 aliphatic heterocycles. The summed E-state index contributed by atoms with van der Waals surface area (Å²) in [4.78, 5) is 7.98. The first-order valence-corrected chi connectivity index (χ1v) is 6.34. The predicted octanol–water partition coefficient (Wildman–Crippen LogP) is 2.84. The van der Waals surface area contributed by atoms with Crippen molar-refractivity contribution in [3.8, 4) is 0 Å². The van der Waals surface area contributed by atoms with E-state index >= 15 is 0 Å². The first kappa shape index (κ1) is 12.1. The van der Waals surface area contributed by atoms with Crippen LogP contribution in [0.4, 0.5) is 0 Å². The summed E-state index contributed by atoms with van der Waals surface area (Å²) in [6.45, 7) is 5.38. The van der Waals surface area contributed by atoms with Gasteiger partial charge < -0.3 is 10.3 Å². The van der Waals surface area contributed by atoms with Gasteiger partial charge in [-0.25, -0.2) is 4.98 Å². The van der Waals surface area contributed by atoms with Gasteiger partial charge in [0.1, 0.15) is 5.82 Å². The molecule has 3 nitrogen and oxygen atoms in total. The van der Waals surface area contributed by atoms with E-state index in [0.717, 1.165) is 29.8 Å². The van der Waals surface area contributed by atoms with Crippen LogP contribution < -0.4 is 5.32 Å². The number of H-pyrrole nitrogens is 1. The van der Waals surface area contributed by atoms with Crippen molar-refractivity contribution in [3.05, 3.63) is 29.6 Å². The number of benzene rings is 1. The van der Waals surface area contributed by atoms with Crippen LogP contribution in [-0.2, 0) is 6.42 Å². The standard InChI is InChI=1S/C14H21N3/c1-10(2)14-16-12-7-6-11(5-4-8-15-3)9-13(12)17-14/h6-7,9-10,15H,4-5,8H2,1-3H3,(H,16,17). The Kier molecular flexibility index (Phi) is 3.79. The minimum atomic E-state index is 0.454. The van der Waals surface area contributed by atoms with Gasteiger partial charge in [0.2, 0.25) is 0 Å². The summed E-state index contributed by atoms with van der Waals surface area (Å²) < 4.78 is 0. The first-order valence-electron chi connectivity index (χ1n) is 6.34. The van der Waals surface area contributed by atoms with Crippen LogP contribution in [0.25, 0.3) is 11.0 Å². The monoisotopic (exact) mass is 231 g/mol. The number of hydrogen-bond acceptors (Lipinski definition) is 2. The Balaban J connectivity index is 2.18. The smallest absolute Gasteiger partial charge is 0.109 e. The van der Waals surface area contributed by atoms with Gasteiger partial charge >= 0.3 is 0 Å². The Hall–Kier alpha value is -1.35. The van der Waals surface area contributed by atoms with E-state index in [4.69, 9.17) is 0 Å². The highest BCUT2D eigenvalue weighted by Crippen LogP contribution is 2.18. The van der Waals surface area contributed by atoms with E-state index in [-0.39, 0.29) is 0 Å². The van der Waals surface area contributed by atoms with Gasteiger partial charge in [-0.1, -0.05) is 19.9 Å². The highest BCUT2D eigenvalue weighted by atomic mass is 14.9. The zero-order valence-electron chi connectivity index (χ0n) is 10.9. The molecule has 0 unspecified atom stereocenters. The van der Waals surface area contributed by atoms with Gasteiger partial charge in [-0.2, -0.15) is 0 Å². The van der Waals surface area contributed by atoms with Crippen molar-refractivity contribution in [2.75, 3.05) is 13.6 Å². The number of aromatic nitrogens is 2. The van der Waals surface area contributed by atoms with Gasteiger partial charge in [0.25, 0.3) is 0 Å². The Morgan fingerprint density at radius 2 is 2.18 bits per heavy atom. The highest BCUT2D eigenvalue weighted by Gasteiger charge is 2.06. The minimum absolute atomic E-state index is 0.454. The van der Waals surface area contributed by atoms with Gasteiger partial charge in [-0.15, -0.1) is 0 Å². The van der Waals surface area contributed by atoms with Gasteiger partial charge in [-0.3, -0.25) is 0 Å². The van der Waals surface area contributed by atoms with E-state index in [9.17, 15) is 0 Å². The van der Waals surface area contributed by atoms with Crippen LogP contribution in [0.3, 0.4) is 0 Å². The second-order valence-corrected chi connectivity index (χ2v) is 4.84. The SMILES string of the molecule is CNCCCc1ccc2nc(C(C)C)[nH]c2c1. The molecule has 17 heavy (non-hydrogen) atoms. The van der Waals surface area contributed by atoms with Crippen LogP contribution in [0.2, 0.25) is 0 Å². The summed E-state index contributed by atoms with van der Waals surface area (Å²) in [5, 5.41) is 3.17. The lowest BCUT2D eigenvalue weighted by atomic mass is 10.1. The number of aromatic amines is 1. The summed E-state index contributed by atoms with van der Waals surface area (Å²) in [5.74, 6) is 1.53. The molecule has 0 amide bonds. The molecule has 0 saturated heterocycles. The zero-order valence-corrected chi connectivity index (χ0v) is 10.9. The van der Waals surface area contributed by atoms with Crippen molar-refractivity contribution in [3.63, 3.8) is 0 Å². The average molecular weight is 231 g/mol. The quantitative estimate of drug-likeness (QED) is 0.777. The lowest BCUT2D eigenvalue weighted by Gasteiger charge is -2.00. The van der Waals surface area contributed by atoms with Crippen molar-refractivity contribution >= 4 is 11.0 Å². The second kappa shape index (κ2) is 5.32. The van der Waals surface area contributed by atoms with Crippen LogP contribution in [0, 0.1) is 0 Å². The molecule has 1 heterocycles. The van der Waals surface area contributed by atoms with Crippen molar-refractivity contribution in [1.29, 1.82) is 0 Å². The summed E-state index contributed by atoms with van der Waals surface area (Å²) in [6.07, 6.45) is 2.29. The average Bonchev–Trinajstić information content (AvgIpc) is 2.72. The fourth-order valence-corrected chi connectivity index (χ4v) is 1.97. The lowest BCUT2D eigenvalue weighted by molar-refractivity contribution is 0.725. The van der Waals surface area contributed by atoms with Crippen molar-refractivity contribution in [1.82, 2.24) is 15.3 Å². The first-order chi connectivity index (χ1) is 8.20. The van der Waals surface area contributed by atoms with Crippen LogP contribution in [0.5, 0.6) is 0 Å². The summed E-state index contributed by atoms with van der Waals surface area (Å²) in [7, 11) is 1.99. The van der Waals surface area contributed by atoms with E-state index in [0.29, 0.717) is 5.92 Å². The molecule has 0 aliphatic rings. The minimum Gasteiger partial charge on any atom is -0.342 e. The highest BCUT2D eigenvalue weighted by molar-refractivity contribution is 5.76. The van der Waals surface area contributed by atoms with Crippen molar-refractivity contribution in [2.24, 2.45) is 0 Å². The third-order valence-electron chi connectivity index (χ3n) is 3.00. The molecule has 0 aliphatic carbocycles. The molecule has 0 saturated carbocycles. The number of hydrogen-bond donors (Lipinski definition) is 2. The normalized spacial score (nSPS) is 11.5. The van der Waals surface area contributed by atoms with E-state index in [1.165, 1.54) is 12.0 Å². The van der Waals surface area contributed by atoms with Gasteiger partial charge in [0.05, 0.1) is 11.0 Å². The molecule has 1 aromatic carbocycles. The van der Waals surface area contributed by atoms with E-state index in [1.807, 2.05) is 7.05 Å². The Morgan fingerprint density at radius 3 is 2.88 bits per heavy atom. The summed E-state index contributed by atoms with van der Waals surface area (Å²) in [5.41, 5.74) is 3.62. The molecule has 0 bridgehead atoms. The number of rotatable bonds is 5. The largest absolute Gasteiger partial charge is 0.342 e. The molecule has 0 atom stereocenters. The molecule has 0 spiro atoms. The number of aryl methyl sites for hydroxylation is 1. The second-order valence-electron chi connectivity index (χ2n) is 4.84. The number of nitrogens with one attached hydrogen (secondary N) is 2. The molecule has 0 radical (unpaired) electrons. The number of nitrogens with zero attached hydrogens (tertiary/aromatic N) is 1. The van der Waals surface area contributed by atoms with E-state index < -0.39 is 0 Å². The number of imidazole rings is 1. The Labute approximate surface area is 103 Å². The third-order valence-corrected chi connectivity index (χ3v) is 3.00. The van der Waals surface area contributed by atoms with Crippen molar-refractivity contribution < 1.29 is 0 Å². The molecule has 2 N–H and O–H groups in total. The van der Waals surface area contributed by atoms with Gasteiger partial charge in [-0.05, 0) is 44.1 Å². The zero-order chi connectivity index (χ0) is 12.3. The fourth-order valence-electron chi connectivity index (χ4n) is 1.97. The predicted molar refractivity (Wildman–Crippen MR) is 72.4 cm³/mol. The van der Waals surface area contributed by atoms with E-state index in [1.54, 1.807) is 0 Å². The molecular formula is C14H21N3. The van der Waals surface area contributed by atoms with Crippen LogP contribution in [0.1, 0.15) is 37.6 Å². The summed E-state index contributed by atoms with van der Waals surface area (Å²) >= 11 is 0. The van der Waals surface area contributed by atoms with Crippen molar-refractivity contribution in [2.45, 2.75) is 32.6 Å². The van der Waals surface area contributed by atoms with E-state index in [2.05, 4.69) is 47.3 Å². The lowest BCUT2D eigenvalue weighted by Crippen LogP contribution is -2.08. The third kappa shape index (κ3) is 2.86. The Bertz CT molecular complexity index is 485. The topological polar surface area (TPSA) is 40.7 Å². The molecule has 2 rings (SSSR count). The molecule has 92 valence electrons. The Morgan fingerprint density at radius 1 is 1.35 bits per heavy atom. The maximum absolute atomic E-state index is 4.58. The number of fused-ring (bicyclic) bond motifs is 1. The van der Waals surface area contributed by atoms with Crippen LogP contribution >= 0.6 is 0 Å². The summed E-state index contributed by atoms with van der Waals surface area (Å²) in [6, 6.07) is 6.53. The van der Waals surface area contributed by atoms with Gasteiger partial charge in [0, 0.05) is 5.92 Å². The maximum atomic E-state index is 4.58.